The molecule has 1 fully saturated rings. The van der Waals surface area contributed by atoms with E-state index in [1.807, 2.05) is 18.2 Å². The topological polar surface area (TPSA) is 51.2 Å². The number of aliphatic hydroxyl groups excluding tert-OH is 1. The van der Waals surface area contributed by atoms with Gasteiger partial charge in [0.05, 0.1) is 33.5 Å². The van der Waals surface area contributed by atoms with Gasteiger partial charge in [0.15, 0.2) is 0 Å². The maximum Gasteiger partial charge on any atom is 0.124 e. The highest BCUT2D eigenvalue weighted by molar-refractivity contribution is 5.39. The molecule has 1 heterocycles. The minimum absolute atomic E-state index is 0.310. The van der Waals surface area contributed by atoms with Crippen LogP contribution in [0.4, 0.5) is 0 Å². The molecule has 5 heteroatoms. The van der Waals surface area contributed by atoms with Gasteiger partial charge in [0, 0.05) is 12.1 Å². The summed E-state index contributed by atoms with van der Waals surface area (Å²) in [6.07, 6.45) is 3.03. The smallest absolute Gasteiger partial charge is 0.124 e. The number of nitrogens with zero attached hydrogens (tertiary/aromatic N) is 1. The number of piperidine rings is 1. The Morgan fingerprint density at radius 1 is 1.03 bits per heavy atom. The van der Waals surface area contributed by atoms with Gasteiger partial charge < -0.3 is 24.2 Å². The van der Waals surface area contributed by atoms with Crippen LogP contribution in [0.15, 0.2) is 48.5 Å². The van der Waals surface area contributed by atoms with Crippen LogP contribution in [0.25, 0.3) is 0 Å². The number of ether oxygens (including phenoxy) is 3. The van der Waals surface area contributed by atoms with Crippen molar-refractivity contribution < 1.29 is 19.3 Å². The van der Waals surface area contributed by atoms with E-state index in [0.29, 0.717) is 19.8 Å². The van der Waals surface area contributed by atoms with Crippen molar-refractivity contribution >= 4 is 0 Å². The summed E-state index contributed by atoms with van der Waals surface area (Å²) in [5, 5.41) is 10.4. The van der Waals surface area contributed by atoms with Crippen molar-refractivity contribution in [1.29, 1.82) is 0 Å². The van der Waals surface area contributed by atoms with E-state index in [0.717, 1.165) is 42.5 Å². The monoisotopic (exact) mass is 399 g/mol. The van der Waals surface area contributed by atoms with Crippen LogP contribution < -0.4 is 9.47 Å². The van der Waals surface area contributed by atoms with Crippen LogP contribution in [0.5, 0.6) is 11.5 Å². The lowest BCUT2D eigenvalue weighted by Crippen LogP contribution is -2.40. The number of rotatable bonds is 10. The Morgan fingerprint density at radius 2 is 1.79 bits per heavy atom. The molecule has 5 nitrogen and oxygen atoms in total. The van der Waals surface area contributed by atoms with Crippen molar-refractivity contribution in [2.45, 2.75) is 32.0 Å². The van der Waals surface area contributed by atoms with Crippen LogP contribution in [-0.4, -0.2) is 56.6 Å². The average Bonchev–Trinajstić information content (AvgIpc) is 2.75. The van der Waals surface area contributed by atoms with E-state index in [-0.39, 0.29) is 0 Å². The van der Waals surface area contributed by atoms with Gasteiger partial charge in [-0.25, -0.2) is 0 Å². The number of benzene rings is 2. The Balaban J connectivity index is 1.37. The van der Waals surface area contributed by atoms with Crippen LogP contribution in [-0.2, 0) is 17.8 Å². The number of likely N-dealkylation sites (tertiary alicyclic amines) is 1. The van der Waals surface area contributed by atoms with Crippen molar-refractivity contribution in [2.24, 2.45) is 5.92 Å². The van der Waals surface area contributed by atoms with Gasteiger partial charge in [-0.2, -0.15) is 0 Å². The maximum absolute atomic E-state index is 10.4. The fraction of sp³-hybridized carbons (Fsp3) is 0.500. The summed E-state index contributed by atoms with van der Waals surface area (Å²) in [5.74, 6) is 2.27. The maximum atomic E-state index is 10.4. The summed E-state index contributed by atoms with van der Waals surface area (Å²) < 4.78 is 16.4. The van der Waals surface area contributed by atoms with Crippen molar-refractivity contribution in [1.82, 2.24) is 4.90 Å². The molecule has 0 aliphatic carbocycles. The van der Waals surface area contributed by atoms with E-state index < -0.39 is 6.10 Å². The first-order chi connectivity index (χ1) is 14.2. The van der Waals surface area contributed by atoms with Crippen LogP contribution in [0.3, 0.4) is 0 Å². The molecule has 158 valence electrons. The quantitative estimate of drug-likeness (QED) is 0.662. The summed E-state index contributed by atoms with van der Waals surface area (Å²) in [6.45, 7) is 3.44. The summed E-state index contributed by atoms with van der Waals surface area (Å²) in [6, 6.07) is 16.4. The normalized spacial score (nSPS) is 16.5. The summed E-state index contributed by atoms with van der Waals surface area (Å²) in [4.78, 5) is 2.35. The highest BCUT2D eigenvalue weighted by Crippen LogP contribution is 2.25. The van der Waals surface area contributed by atoms with Gasteiger partial charge in [-0.3, -0.25) is 0 Å². The first kappa shape index (κ1) is 21.6. The Hall–Kier alpha value is -2.08. The SMILES string of the molecule is COc1ccc(OC)c(COCC(O)CN2CCC(Cc3ccccc3)CC2)c1. The lowest BCUT2D eigenvalue weighted by Gasteiger charge is -2.33. The Kier molecular flexibility index (Phi) is 8.35. The largest absolute Gasteiger partial charge is 0.497 e. The first-order valence-electron chi connectivity index (χ1n) is 10.4. The molecule has 1 aliphatic rings. The van der Waals surface area contributed by atoms with Crippen molar-refractivity contribution in [3.63, 3.8) is 0 Å². The van der Waals surface area contributed by atoms with Gasteiger partial charge in [0.25, 0.3) is 0 Å². The van der Waals surface area contributed by atoms with Crippen LogP contribution in [0.2, 0.25) is 0 Å². The van der Waals surface area contributed by atoms with Crippen molar-refractivity contribution in [3.05, 3.63) is 59.7 Å². The number of methoxy groups -OCH3 is 2. The third-order valence-electron chi connectivity index (χ3n) is 5.60. The minimum atomic E-state index is -0.489. The molecule has 0 aromatic heterocycles. The van der Waals surface area contributed by atoms with Crippen LogP contribution in [0.1, 0.15) is 24.0 Å². The zero-order valence-electron chi connectivity index (χ0n) is 17.5. The fourth-order valence-corrected chi connectivity index (χ4v) is 3.97. The molecule has 3 rings (SSSR count). The Morgan fingerprint density at radius 3 is 2.48 bits per heavy atom. The second-order valence-electron chi connectivity index (χ2n) is 7.78. The van der Waals surface area contributed by atoms with E-state index in [1.165, 1.54) is 18.4 Å². The van der Waals surface area contributed by atoms with Crippen LogP contribution in [0, 0.1) is 5.92 Å². The summed E-state index contributed by atoms with van der Waals surface area (Å²) in [5.41, 5.74) is 2.34. The molecule has 1 atom stereocenters. The molecule has 0 spiro atoms. The number of aliphatic hydroxyl groups is 1. The highest BCUT2D eigenvalue weighted by Gasteiger charge is 2.21. The molecule has 0 saturated carbocycles. The molecule has 0 bridgehead atoms. The zero-order valence-corrected chi connectivity index (χ0v) is 17.5. The van der Waals surface area contributed by atoms with E-state index in [2.05, 4.69) is 35.2 Å². The Bertz CT molecular complexity index is 729. The third kappa shape index (κ3) is 6.74. The van der Waals surface area contributed by atoms with E-state index in [1.54, 1.807) is 14.2 Å². The standard InChI is InChI=1S/C24H33NO4/c1-27-23-8-9-24(28-2)21(15-23)17-29-18-22(26)16-25-12-10-20(11-13-25)14-19-6-4-3-5-7-19/h3-9,15,20,22,26H,10-14,16-18H2,1-2H3. The lowest BCUT2D eigenvalue weighted by molar-refractivity contribution is 0.00404. The Labute approximate surface area is 174 Å². The highest BCUT2D eigenvalue weighted by atomic mass is 16.5. The molecular formula is C24H33NO4. The van der Waals surface area contributed by atoms with E-state index >= 15 is 0 Å². The first-order valence-corrected chi connectivity index (χ1v) is 10.4. The molecule has 0 amide bonds. The van der Waals surface area contributed by atoms with Gasteiger partial charge in [-0.05, 0) is 62.0 Å². The zero-order chi connectivity index (χ0) is 20.5. The number of hydrogen-bond donors (Lipinski definition) is 1. The second kappa shape index (κ2) is 11.2. The molecule has 1 N–H and O–H groups in total. The average molecular weight is 400 g/mol. The molecule has 29 heavy (non-hydrogen) atoms. The third-order valence-corrected chi connectivity index (χ3v) is 5.60. The molecule has 2 aromatic rings. The lowest BCUT2D eigenvalue weighted by atomic mass is 9.90. The van der Waals surface area contributed by atoms with Gasteiger partial charge >= 0.3 is 0 Å². The van der Waals surface area contributed by atoms with Crippen molar-refractivity contribution in [2.75, 3.05) is 40.5 Å². The molecule has 1 saturated heterocycles. The van der Waals surface area contributed by atoms with Gasteiger partial charge in [-0.1, -0.05) is 30.3 Å². The minimum Gasteiger partial charge on any atom is -0.497 e. The molecule has 1 unspecified atom stereocenters. The van der Waals surface area contributed by atoms with E-state index in [9.17, 15) is 5.11 Å². The molecule has 2 aromatic carbocycles. The molecule has 1 aliphatic heterocycles. The number of hydrogen-bond acceptors (Lipinski definition) is 5. The molecule has 0 radical (unpaired) electrons. The van der Waals surface area contributed by atoms with Gasteiger partial charge in [-0.15, -0.1) is 0 Å². The van der Waals surface area contributed by atoms with Crippen molar-refractivity contribution in [3.8, 4) is 11.5 Å². The molecular weight excluding hydrogens is 366 g/mol. The summed E-state index contributed by atoms with van der Waals surface area (Å²) in [7, 11) is 3.28. The van der Waals surface area contributed by atoms with Crippen LogP contribution >= 0.6 is 0 Å². The van der Waals surface area contributed by atoms with Gasteiger partial charge in [0.2, 0.25) is 0 Å². The second-order valence-corrected chi connectivity index (χ2v) is 7.78. The predicted octanol–water partition coefficient (Wildman–Crippen LogP) is 3.54. The summed E-state index contributed by atoms with van der Waals surface area (Å²) >= 11 is 0. The fourth-order valence-electron chi connectivity index (χ4n) is 3.97. The van der Waals surface area contributed by atoms with E-state index in [4.69, 9.17) is 14.2 Å². The predicted molar refractivity (Wildman–Crippen MR) is 115 cm³/mol. The van der Waals surface area contributed by atoms with Gasteiger partial charge in [0.1, 0.15) is 11.5 Å². The number of β-amino-alcohol motifs (C(OH)–C–C–N with tert-alkyl or cyclic N) is 1.